The molecule has 0 radical (unpaired) electrons. The summed E-state index contributed by atoms with van der Waals surface area (Å²) < 4.78 is 10.7. The molecule has 2 heterocycles. The van der Waals surface area contributed by atoms with Gasteiger partial charge in [-0.1, -0.05) is 18.2 Å². The Bertz CT molecular complexity index is 972. The Morgan fingerprint density at radius 3 is 2.69 bits per heavy atom. The second-order valence-electron chi connectivity index (χ2n) is 5.89. The number of carbonyl (C=O) groups is 1. The fraction of sp³-hybridized carbons (Fsp3) is 0.100. The lowest BCUT2D eigenvalue weighted by molar-refractivity contribution is 0.102. The van der Waals surface area contributed by atoms with Crippen molar-refractivity contribution in [3.8, 4) is 11.5 Å². The Labute approximate surface area is 150 Å². The van der Waals surface area contributed by atoms with E-state index in [1.165, 1.54) is 0 Å². The summed E-state index contributed by atoms with van der Waals surface area (Å²) in [6.07, 6.45) is 1.60. The van der Waals surface area contributed by atoms with Crippen molar-refractivity contribution >= 4 is 23.0 Å². The van der Waals surface area contributed by atoms with Gasteiger partial charge in [-0.05, 0) is 42.8 Å². The minimum Gasteiger partial charge on any atom is -0.454 e. The van der Waals surface area contributed by atoms with Gasteiger partial charge in [0.15, 0.2) is 11.5 Å². The zero-order valence-electron chi connectivity index (χ0n) is 14.2. The SMILES string of the molecule is Cc1ccccc1NC(=O)c1cc(Nc2ccc3c(c2)OCO3)ccn1. The fourth-order valence-electron chi connectivity index (χ4n) is 2.67. The van der Waals surface area contributed by atoms with Gasteiger partial charge in [-0.3, -0.25) is 9.78 Å². The van der Waals surface area contributed by atoms with Crippen LogP contribution in [0.1, 0.15) is 16.1 Å². The molecule has 4 rings (SSSR count). The maximum absolute atomic E-state index is 12.5. The summed E-state index contributed by atoms with van der Waals surface area (Å²) in [6, 6.07) is 16.7. The molecule has 0 saturated heterocycles. The van der Waals surface area contributed by atoms with Crippen LogP contribution in [0.5, 0.6) is 11.5 Å². The van der Waals surface area contributed by atoms with Gasteiger partial charge < -0.3 is 20.1 Å². The van der Waals surface area contributed by atoms with Crippen LogP contribution in [-0.2, 0) is 0 Å². The molecule has 130 valence electrons. The summed E-state index contributed by atoms with van der Waals surface area (Å²) in [4.78, 5) is 16.7. The van der Waals surface area contributed by atoms with Gasteiger partial charge in [0.1, 0.15) is 5.69 Å². The number of carbonyl (C=O) groups excluding carboxylic acids is 1. The van der Waals surface area contributed by atoms with E-state index in [-0.39, 0.29) is 12.7 Å². The number of hydrogen-bond donors (Lipinski definition) is 2. The van der Waals surface area contributed by atoms with E-state index < -0.39 is 0 Å². The molecule has 1 aliphatic rings. The molecule has 0 fully saturated rings. The molecule has 26 heavy (non-hydrogen) atoms. The number of aromatic nitrogens is 1. The van der Waals surface area contributed by atoms with Crippen molar-refractivity contribution < 1.29 is 14.3 Å². The summed E-state index contributed by atoms with van der Waals surface area (Å²) in [6.45, 7) is 2.18. The molecule has 0 unspecified atom stereocenters. The van der Waals surface area contributed by atoms with Crippen molar-refractivity contribution in [2.75, 3.05) is 17.4 Å². The number of rotatable bonds is 4. The molecule has 0 spiro atoms. The van der Waals surface area contributed by atoms with E-state index in [9.17, 15) is 4.79 Å². The molecule has 1 aliphatic heterocycles. The van der Waals surface area contributed by atoms with Gasteiger partial charge in [0, 0.05) is 29.3 Å². The highest BCUT2D eigenvalue weighted by atomic mass is 16.7. The highest BCUT2D eigenvalue weighted by Gasteiger charge is 2.14. The molecule has 6 heteroatoms. The summed E-state index contributed by atoms with van der Waals surface area (Å²) in [5.74, 6) is 1.17. The first kappa shape index (κ1) is 16.0. The monoisotopic (exact) mass is 347 g/mol. The fourth-order valence-corrected chi connectivity index (χ4v) is 2.67. The van der Waals surface area contributed by atoms with E-state index in [0.717, 1.165) is 28.4 Å². The van der Waals surface area contributed by atoms with Gasteiger partial charge in [0.05, 0.1) is 0 Å². The normalized spacial score (nSPS) is 11.9. The second-order valence-corrected chi connectivity index (χ2v) is 5.89. The van der Waals surface area contributed by atoms with E-state index >= 15 is 0 Å². The summed E-state index contributed by atoms with van der Waals surface area (Å²) in [5.41, 5.74) is 3.70. The minimum absolute atomic E-state index is 0.233. The van der Waals surface area contributed by atoms with Gasteiger partial charge in [0.2, 0.25) is 6.79 Å². The Kier molecular flexibility index (Phi) is 4.15. The van der Waals surface area contributed by atoms with Gasteiger partial charge >= 0.3 is 0 Å². The zero-order chi connectivity index (χ0) is 17.9. The number of pyridine rings is 1. The number of benzene rings is 2. The molecule has 0 bridgehead atoms. The molecular weight excluding hydrogens is 330 g/mol. The minimum atomic E-state index is -0.256. The molecule has 6 nitrogen and oxygen atoms in total. The van der Waals surface area contributed by atoms with Gasteiger partial charge in [0.25, 0.3) is 5.91 Å². The number of ether oxygens (including phenoxy) is 2. The third kappa shape index (κ3) is 3.30. The highest BCUT2D eigenvalue weighted by Crippen LogP contribution is 2.35. The maximum Gasteiger partial charge on any atom is 0.274 e. The Hall–Kier alpha value is -3.54. The van der Waals surface area contributed by atoms with E-state index in [2.05, 4.69) is 15.6 Å². The summed E-state index contributed by atoms with van der Waals surface area (Å²) in [7, 11) is 0. The lowest BCUT2D eigenvalue weighted by atomic mass is 10.2. The smallest absolute Gasteiger partial charge is 0.274 e. The lowest BCUT2D eigenvalue weighted by Gasteiger charge is -2.10. The topological polar surface area (TPSA) is 72.5 Å². The van der Waals surface area contributed by atoms with Crippen LogP contribution in [0.15, 0.2) is 60.8 Å². The summed E-state index contributed by atoms with van der Waals surface area (Å²) >= 11 is 0. The van der Waals surface area contributed by atoms with Crippen molar-refractivity contribution in [3.05, 3.63) is 72.1 Å². The van der Waals surface area contributed by atoms with Gasteiger partial charge in [-0.2, -0.15) is 0 Å². The van der Waals surface area contributed by atoms with Crippen LogP contribution in [0.2, 0.25) is 0 Å². The largest absolute Gasteiger partial charge is 0.454 e. The van der Waals surface area contributed by atoms with Crippen LogP contribution in [0.3, 0.4) is 0 Å². The predicted molar refractivity (Wildman–Crippen MR) is 99.2 cm³/mol. The van der Waals surface area contributed by atoms with Crippen molar-refractivity contribution in [1.29, 1.82) is 0 Å². The van der Waals surface area contributed by atoms with Crippen molar-refractivity contribution in [2.24, 2.45) is 0 Å². The molecular formula is C20H17N3O3. The average Bonchev–Trinajstić information content (AvgIpc) is 3.11. The van der Waals surface area contributed by atoms with Crippen LogP contribution >= 0.6 is 0 Å². The Morgan fingerprint density at radius 1 is 1.00 bits per heavy atom. The van der Waals surface area contributed by atoms with E-state index in [4.69, 9.17) is 9.47 Å². The number of aryl methyl sites for hydroxylation is 1. The molecule has 0 atom stereocenters. The highest BCUT2D eigenvalue weighted by molar-refractivity contribution is 6.03. The van der Waals surface area contributed by atoms with Crippen LogP contribution in [-0.4, -0.2) is 17.7 Å². The third-order valence-electron chi connectivity index (χ3n) is 4.05. The number of nitrogens with one attached hydrogen (secondary N) is 2. The number of hydrogen-bond acceptors (Lipinski definition) is 5. The third-order valence-corrected chi connectivity index (χ3v) is 4.05. The number of fused-ring (bicyclic) bond motifs is 1. The Morgan fingerprint density at radius 2 is 1.81 bits per heavy atom. The molecule has 1 aromatic heterocycles. The molecule has 3 aromatic rings. The van der Waals surface area contributed by atoms with Crippen molar-refractivity contribution in [2.45, 2.75) is 6.92 Å². The van der Waals surface area contributed by atoms with Gasteiger partial charge in [-0.25, -0.2) is 0 Å². The van der Waals surface area contributed by atoms with Gasteiger partial charge in [-0.15, -0.1) is 0 Å². The van der Waals surface area contributed by atoms with Crippen molar-refractivity contribution in [3.63, 3.8) is 0 Å². The first-order chi connectivity index (χ1) is 12.7. The zero-order valence-corrected chi connectivity index (χ0v) is 14.2. The van der Waals surface area contributed by atoms with Crippen LogP contribution in [0.25, 0.3) is 0 Å². The number of para-hydroxylation sites is 1. The first-order valence-corrected chi connectivity index (χ1v) is 8.19. The molecule has 1 amide bonds. The number of anilines is 3. The first-order valence-electron chi connectivity index (χ1n) is 8.19. The number of nitrogens with zero attached hydrogens (tertiary/aromatic N) is 1. The van der Waals surface area contributed by atoms with Crippen molar-refractivity contribution in [1.82, 2.24) is 4.98 Å². The Balaban J connectivity index is 1.51. The molecule has 0 aliphatic carbocycles. The van der Waals surface area contributed by atoms with E-state index in [1.54, 1.807) is 18.3 Å². The molecule has 2 N–H and O–H groups in total. The predicted octanol–water partition coefficient (Wildman–Crippen LogP) is 4.11. The van der Waals surface area contributed by atoms with Crippen LogP contribution in [0.4, 0.5) is 17.1 Å². The summed E-state index contributed by atoms with van der Waals surface area (Å²) in [5, 5.41) is 6.13. The lowest BCUT2D eigenvalue weighted by Crippen LogP contribution is -2.14. The number of amides is 1. The average molecular weight is 347 g/mol. The van der Waals surface area contributed by atoms with Crippen LogP contribution < -0.4 is 20.1 Å². The molecule has 2 aromatic carbocycles. The standard InChI is InChI=1S/C20H17N3O3/c1-13-4-2-3-5-16(13)23-20(24)17-10-15(8-9-21-17)22-14-6-7-18-19(11-14)26-12-25-18/h2-11H,12H2,1H3,(H,21,22)(H,23,24). The second kappa shape index (κ2) is 6.76. The maximum atomic E-state index is 12.5. The van der Waals surface area contributed by atoms with E-state index in [1.807, 2.05) is 49.4 Å². The quantitative estimate of drug-likeness (QED) is 0.743. The van der Waals surface area contributed by atoms with Crippen LogP contribution in [0, 0.1) is 6.92 Å². The molecule has 0 saturated carbocycles. The van der Waals surface area contributed by atoms with E-state index in [0.29, 0.717) is 11.4 Å².